The molecule has 0 unspecified atom stereocenters. The summed E-state index contributed by atoms with van der Waals surface area (Å²) in [4.78, 5) is 24.6. The Morgan fingerprint density at radius 2 is 1.94 bits per heavy atom. The number of nitrogens with zero attached hydrogens (tertiary/aromatic N) is 1. The number of aliphatic carboxylic acids is 1. The highest BCUT2D eigenvalue weighted by atomic mass is 16.6. The molecule has 0 aromatic carbocycles. The number of fused-ring (bicyclic) bond motifs is 1. The zero-order chi connectivity index (χ0) is 12.8. The number of rotatable bonds is 1. The summed E-state index contributed by atoms with van der Waals surface area (Å²) in [6, 6.07) is -0.631. The Morgan fingerprint density at radius 1 is 1.29 bits per heavy atom. The average molecular weight is 241 g/mol. The lowest BCUT2D eigenvalue weighted by Gasteiger charge is -2.34. The molecular formula is C12H19NO4. The summed E-state index contributed by atoms with van der Waals surface area (Å²) in [5.41, 5.74) is -0.581. The summed E-state index contributed by atoms with van der Waals surface area (Å²) in [5, 5.41) is 9.14. The molecule has 96 valence electrons. The number of likely N-dealkylation sites (tertiary alicyclic amines) is 1. The third-order valence-corrected chi connectivity index (χ3v) is 3.28. The Bertz CT molecular complexity index is 347. The van der Waals surface area contributed by atoms with Crippen LogP contribution in [0.25, 0.3) is 0 Å². The Kier molecular flexibility index (Phi) is 2.79. The normalized spacial score (nSPS) is 31.7. The molecule has 0 aromatic rings. The summed E-state index contributed by atoms with van der Waals surface area (Å²) < 4.78 is 5.28. The summed E-state index contributed by atoms with van der Waals surface area (Å²) in [6.07, 6.45) is 1.87. The van der Waals surface area contributed by atoms with E-state index in [1.807, 2.05) is 0 Å². The number of carboxylic acid groups (broad SMARTS) is 1. The highest BCUT2D eigenvalue weighted by Gasteiger charge is 2.53. The van der Waals surface area contributed by atoms with Crippen molar-refractivity contribution < 1.29 is 19.4 Å². The first kappa shape index (κ1) is 12.2. The Morgan fingerprint density at radius 3 is 2.47 bits per heavy atom. The molecule has 1 saturated heterocycles. The van der Waals surface area contributed by atoms with Gasteiger partial charge in [0.1, 0.15) is 11.6 Å². The van der Waals surface area contributed by atoms with E-state index in [1.165, 1.54) is 4.90 Å². The van der Waals surface area contributed by atoms with E-state index in [0.29, 0.717) is 12.3 Å². The number of amides is 1. The summed E-state index contributed by atoms with van der Waals surface area (Å²) in [5.74, 6) is -0.445. The van der Waals surface area contributed by atoms with Crippen molar-refractivity contribution in [3.8, 4) is 0 Å². The lowest BCUT2D eigenvalue weighted by Crippen LogP contribution is -2.50. The molecule has 1 aliphatic carbocycles. The molecule has 1 saturated carbocycles. The first-order valence-corrected chi connectivity index (χ1v) is 6.04. The van der Waals surface area contributed by atoms with E-state index in [-0.39, 0.29) is 6.04 Å². The third-order valence-electron chi connectivity index (χ3n) is 3.28. The molecule has 1 heterocycles. The van der Waals surface area contributed by atoms with Gasteiger partial charge in [-0.05, 0) is 46.0 Å². The van der Waals surface area contributed by atoms with Crippen LogP contribution >= 0.6 is 0 Å². The smallest absolute Gasteiger partial charge is 0.411 e. The quantitative estimate of drug-likeness (QED) is 0.761. The molecule has 0 aromatic heterocycles. The SMILES string of the molecule is CC(C)(C)OC(=O)N1[C@@H]2C[C@@H]2CC[C@H]1C(=O)O. The molecule has 17 heavy (non-hydrogen) atoms. The van der Waals surface area contributed by atoms with Crippen molar-refractivity contribution in [3.05, 3.63) is 0 Å². The largest absolute Gasteiger partial charge is 0.480 e. The van der Waals surface area contributed by atoms with Crippen molar-refractivity contribution >= 4 is 12.1 Å². The molecule has 1 amide bonds. The molecule has 0 radical (unpaired) electrons. The second kappa shape index (κ2) is 3.89. The van der Waals surface area contributed by atoms with Crippen LogP contribution in [0.3, 0.4) is 0 Å². The van der Waals surface area contributed by atoms with Crippen LogP contribution in [0.2, 0.25) is 0 Å². The maximum absolute atomic E-state index is 12.0. The lowest BCUT2D eigenvalue weighted by atomic mass is 10.0. The fraction of sp³-hybridized carbons (Fsp3) is 0.833. The van der Waals surface area contributed by atoms with Crippen molar-refractivity contribution in [2.45, 2.75) is 57.7 Å². The molecule has 2 fully saturated rings. The van der Waals surface area contributed by atoms with E-state index in [1.54, 1.807) is 20.8 Å². The van der Waals surface area contributed by atoms with Gasteiger partial charge in [-0.1, -0.05) is 0 Å². The molecule has 2 aliphatic rings. The van der Waals surface area contributed by atoms with Crippen molar-refractivity contribution in [1.29, 1.82) is 0 Å². The highest BCUT2D eigenvalue weighted by molar-refractivity contribution is 5.81. The van der Waals surface area contributed by atoms with E-state index in [0.717, 1.165) is 12.8 Å². The fourth-order valence-electron chi connectivity index (χ4n) is 2.44. The molecule has 1 aliphatic heterocycles. The van der Waals surface area contributed by atoms with Gasteiger partial charge in [0, 0.05) is 6.04 Å². The molecule has 0 spiro atoms. The lowest BCUT2D eigenvalue weighted by molar-refractivity contribution is -0.144. The Balaban J connectivity index is 2.10. The monoisotopic (exact) mass is 241 g/mol. The van der Waals surface area contributed by atoms with Crippen LogP contribution < -0.4 is 0 Å². The number of carboxylic acids is 1. The summed E-state index contributed by atoms with van der Waals surface area (Å²) in [6.45, 7) is 5.36. The van der Waals surface area contributed by atoms with E-state index in [9.17, 15) is 9.59 Å². The first-order chi connectivity index (χ1) is 7.79. The van der Waals surface area contributed by atoms with Gasteiger partial charge in [-0.2, -0.15) is 0 Å². The Hall–Kier alpha value is -1.26. The van der Waals surface area contributed by atoms with Crippen molar-refractivity contribution in [2.24, 2.45) is 5.92 Å². The average Bonchev–Trinajstić information content (AvgIpc) is 2.90. The van der Waals surface area contributed by atoms with E-state index < -0.39 is 23.7 Å². The zero-order valence-corrected chi connectivity index (χ0v) is 10.5. The van der Waals surface area contributed by atoms with E-state index >= 15 is 0 Å². The Labute approximate surface area is 101 Å². The molecule has 5 nitrogen and oxygen atoms in total. The number of hydrogen-bond donors (Lipinski definition) is 1. The second-order valence-corrected chi connectivity index (χ2v) is 5.88. The number of piperidine rings is 1. The predicted octanol–water partition coefficient (Wildman–Crippen LogP) is 1.86. The highest BCUT2D eigenvalue weighted by Crippen LogP contribution is 2.45. The molecule has 2 rings (SSSR count). The van der Waals surface area contributed by atoms with Crippen LogP contribution in [0, 0.1) is 5.92 Å². The van der Waals surface area contributed by atoms with Crippen LogP contribution in [-0.4, -0.2) is 39.8 Å². The number of carbonyl (C=O) groups is 2. The van der Waals surface area contributed by atoms with Crippen molar-refractivity contribution in [1.82, 2.24) is 4.90 Å². The molecule has 1 N–H and O–H groups in total. The minimum Gasteiger partial charge on any atom is -0.480 e. The fourth-order valence-corrected chi connectivity index (χ4v) is 2.44. The van der Waals surface area contributed by atoms with E-state index in [4.69, 9.17) is 9.84 Å². The van der Waals surface area contributed by atoms with Gasteiger partial charge < -0.3 is 9.84 Å². The predicted molar refractivity (Wildman–Crippen MR) is 60.6 cm³/mol. The van der Waals surface area contributed by atoms with Crippen LogP contribution in [0.5, 0.6) is 0 Å². The van der Waals surface area contributed by atoms with Gasteiger partial charge in [0.2, 0.25) is 0 Å². The second-order valence-electron chi connectivity index (χ2n) is 5.88. The van der Waals surface area contributed by atoms with Crippen LogP contribution in [-0.2, 0) is 9.53 Å². The topological polar surface area (TPSA) is 66.8 Å². The number of hydrogen-bond acceptors (Lipinski definition) is 3. The van der Waals surface area contributed by atoms with Crippen LogP contribution in [0.4, 0.5) is 4.79 Å². The number of ether oxygens (including phenoxy) is 1. The molecule has 5 heteroatoms. The van der Waals surface area contributed by atoms with Gasteiger partial charge in [-0.25, -0.2) is 9.59 Å². The van der Waals surface area contributed by atoms with Gasteiger partial charge in [0.25, 0.3) is 0 Å². The third kappa shape index (κ3) is 2.53. The molecule has 0 bridgehead atoms. The minimum absolute atomic E-state index is 0.0831. The molecule has 3 atom stereocenters. The maximum Gasteiger partial charge on any atom is 0.411 e. The first-order valence-electron chi connectivity index (χ1n) is 6.04. The van der Waals surface area contributed by atoms with Crippen LogP contribution in [0.15, 0.2) is 0 Å². The van der Waals surface area contributed by atoms with Gasteiger partial charge in [-0.3, -0.25) is 4.90 Å². The van der Waals surface area contributed by atoms with Crippen molar-refractivity contribution in [2.75, 3.05) is 0 Å². The van der Waals surface area contributed by atoms with Gasteiger partial charge in [-0.15, -0.1) is 0 Å². The van der Waals surface area contributed by atoms with Crippen molar-refractivity contribution in [3.63, 3.8) is 0 Å². The van der Waals surface area contributed by atoms with Gasteiger partial charge in [0.15, 0.2) is 0 Å². The van der Waals surface area contributed by atoms with Crippen LogP contribution in [0.1, 0.15) is 40.0 Å². The van der Waals surface area contributed by atoms with Gasteiger partial charge >= 0.3 is 12.1 Å². The molecular weight excluding hydrogens is 222 g/mol. The maximum atomic E-state index is 12.0. The summed E-state index contributed by atoms with van der Waals surface area (Å²) >= 11 is 0. The summed E-state index contributed by atoms with van der Waals surface area (Å²) in [7, 11) is 0. The van der Waals surface area contributed by atoms with E-state index in [2.05, 4.69) is 0 Å². The van der Waals surface area contributed by atoms with Gasteiger partial charge in [0.05, 0.1) is 0 Å². The number of carbonyl (C=O) groups excluding carboxylic acids is 1. The minimum atomic E-state index is -0.929. The zero-order valence-electron chi connectivity index (χ0n) is 10.5. The standard InChI is InChI=1S/C12H19NO4/c1-12(2,3)17-11(16)13-8(10(14)15)5-4-7-6-9(7)13/h7-9H,4-6H2,1-3H3,(H,14,15)/t7-,8-,9+/m0/s1.